The molecule has 0 aromatic carbocycles. The molecule has 0 aromatic heterocycles. The van der Waals surface area contributed by atoms with Crippen molar-refractivity contribution in [2.45, 2.75) is 63.5 Å². The second-order valence-electron chi connectivity index (χ2n) is 5.40. The van der Waals surface area contributed by atoms with Gasteiger partial charge in [0, 0.05) is 18.7 Å². The molecule has 0 saturated carbocycles. The second-order valence-corrected chi connectivity index (χ2v) is 5.40. The SMILES string of the molecule is O=C(O)CC1CCCCN1.OCCC1CCCCN1. The molecule has 2 saturated heterocycles. The van der Waals surface area contributed by atoms with Crippen LogP contribution in [0.2, 0.25) is 0 Å². The van der Waals surface area contributed by atoms with Crippen molar-refractivity contribution in [2.24, 2.45) is 0 Å². The number of hydrogen-bond acceptors (Lipinski definition) is 4. The first-order valence-electron chi connectivity index (χ1n) is 7.51. The summed E-state index contributed by atoms with van der Waals surface area (Å²) in [6.07, 6.45) is 8.48. The summed E-state index contributed by atoms with van der Waals surface area (Å²) < 4.78 is 0. The average molecular weight is 272 g/mol. The molecule has 2 aliphatic heterocycles. The largest absolute Gasteiger partial charge is 0.481 e. The molecule has 0 aliphatic carbocycles. The maximum absolute atomic E-state index is 10.2. The van der Waals surface area contributed by atoms with Crippen LogP contribution < -0.4 is 10.6 Å². The van der Waals surface area contributed by atoms with Crippen LogP contribution in [0, 0.1) is 0 Å². The van der Waals surface area contributed by atoms with Gasteiger partial charge in [0.25, 0.3) is 0 Å². The Kier molecular flexibility index (Phi) is 8.79. The van der Waals surface area contributed by atoms with Crippen molar-refractivity contribution in [2.75, 3.05) is 19.7 Å². The van der Waals surface area contributed by atoms with Crippen molar-refractivity contribution in [3.05, 3.63) is 0 Å². The highest BCUT2D eigenvalue weighted by atomic mass is 16.4. The maximum atomic E-state index is 10.2. The molecular formula is C14H28N2O3. The fraction of sp³-hybridized carbons (Fsp3) is 0.929. The number of carboxylic acid groups (broad SMARTS) is 1. The van der Waals surface area contributed by atoms with E-state index in [9.17, 15) is 4.79 Å². The van der Waals surface area contributed by atoms with E-state index in [4.69, 9.17) is 10.2 Å². The Hall–Kier alpha value is -0.650. The van der Waals surface area contributed by atoms with Gasteiger partial charge in [-0.1, -0.05) is 12.8 Å². The molecule has 5 nitrogen and oxygen atoms in total. The number of aliphatic hydroxyl groups excluding tert-OH is 1. The molecule has 2 atom stereocenters. The van der Waals surface area contributed by atoms with Gasteiger partial charge in [0.15, 0.2) is 0 Å². The van der Waals surface area contributed by atoms with E-state index in [0.29, 0.717) is 12.6 Å². The minimum atomic E-state index is -0.695. The predicted octanol–water partition coefficient (Wildman–Crippen LogP) is 1.11. The highest BCUT2D eigenvalue weighted by molar-refractivity contribution is 5.67. The van der Waals surface area contributed by atoms with Crippen molar-refractivity contribution >= 4 is 5.97 Å². The van der Waals surface area contributed by atoms with Crippen LogP contribution in [-0.4, -0.2) is 48.0 Å². The summed E-state index contributed by atoms with van der Waals surface area (Å²) in [5, 5.41) is 23.5. The summed E-state index contributed by atoms with van der Waals surface area (Å²) in [4.78, 5) is 10.2. The van der Waals surface area contributed by atoms with E-state index in [0.717, 1.165) is 25.9 Å². The summed E-state index contributed by atoms with van der Waals surface area (Å²) in [6, 6.07) is 0.829. The van der Waals surface area contributed by atoms with Gasteiger partial charge in [-0.05, 0) is 45.2 Å². The fourth-order valence-electron chi connectivity index (χ4n) is 2.64. The van der Waals surface area contributed by atoms with Crippen LogP contribution in [0.15, 0.2) is 0 Å². The number of carbonyl (C=O) groups is 1. The van der Waals surface area contributed by atoms with E-state index in [-0.39, 0.29) is 12.5 Å². The summed E-state index contributed by atoms with van der Waals surface area (Å²) in [5.74, 6) is -0.695. The number of hydrogen-bond donors (Lipinski definition) is 4. The molecule has 2 unspecified atom stereocenters. The zero-order valence-electron chi connectivity index (χ0n) is 11.7. The van der Waals surface area contributed by atoms with Crippen molar-refractivity contribution in [1.82, 2.24) is 10.6 Å². The Morgan fingerprint density at radius 1 is 1.00 bits per heavy atom. The molecule has 2 rings (SSSR count). The third-order valence-corrected chi connectivity index (χ3v) is 3.72. The molecule has 0 bridgehead atoms. The lowest BCUT2D eigenvalue weighted by Crippen LogP contribution is -2.35. The van der Waals surface area contributed by atoms with E-state index in [1.165, 1.54) is 32.1 Å². The summed E-state index contributed by atoms with van der Waals surface area (Å²) in [7, 11) is 0. The average Bonchev–Trinajstić information content (AvgIpc) is 2.41. The third kappa shape index (κ3) is 8.18. The summed E-state index contributed by atoms with van der Waals surface area (Å²) >= 11 is 0. The molecule has 19 heavy (non-hydrogen) atoms. The van der Waals surface area contributed by atoms with Gasteiger partial charge in [0.1, 0.15) is 0 Å². The lowest BCUT2D eigenvalue weighted by molar-refractivity contribution is -0.137. The van der Waals surface area contributed by atoms with Crippen LogP contribution in [0.25, 0.3) is 0 Å². The first kappa shape index (κ1) is 16.4. The monoisotopic (exact) mass is 272 g/mol. The third-order valence-electron chi connectivity index (χ3n) is 3.72. The molecule has 0 spiro atoms. The van der Waals surface area contributed by atoms with E-state index in [1.807, 2.05) is 0 Å². The van der Waals surface area contributed by atoms with E-state index >= 15 is 0 Å². The molecule has 0 aromatic rings. The van der Waals surface area contributed by atoms with Crippen molar-refractivity contribution < 1.29 is 15.0 Å². The number of aliphatic hydroxyl groups is 1. The van der Waals surface area contributed by atoms with Crippen LogP contribution in [0.5, 0.6) is 0 Å². The molecule has 2 aliphatic rings. The fourth-order valence-corrected chi connectivity index (χ4v) is 2.64. The van der Waals surface area contributed by atoms with Crippen LogP contribution in [0.4, 0.5) is 0 Å². The zero-order valence-corrected chi connectivity index (χ0v) is 11.7. The Labute approximate surface area is 115 Å². The van der Waals surface area contributed by atoms with Gasteiger partial charge in [-0.25, -0.2) is 0 Å². The van der Waals surface area contributed by atoms with Crippen LogP contribution in [0.3, 0.4) is 0 Å². The normalized spacial score (nSPS) is 27.2. The smallest absolute Gasteiger partial charge is 0.304 e. The lowest BCUT2D eigenvalue weighted by atomic mass is 10.0. The molecular weight excluding hydrogens is 244 g/mol. The number of aliphatic carboxylic acids is 1. The Morgan fingerprint density at radius 3 is 2.00 bits per heavy atom. The van der Waals surface area contributed by atoms with Gasteiger partial charge < -0.3 is 20.8 Å². The van der Waals surface area contributed by atoms with Crippen LogP contribution >= 0.6 is 0 Å². The van der Waals surface area contributed by atoms with Gasteiger partial charge in [-0.15, -0.1) is 0 Å². The zero-order chi connectivity index (χ0) is 13.9. The minimum absolute atomic E-state index is 0.228. The molecule has 2 fully saturated rings. The number of piperidine rings is 2. The van der Waals surface area contributed by atoms with Crippen molar-refractivity contribution in [3.8, 4) is 0 Å². The minimum Gasteiger partial charge on any atom is -0.481 e. The molecule has 0 amide bonds. The van der Waals surface area contributed by atoms with Crippen LogP contribution in [0.1, 0.15) is 51.4 Å². The van der Waals surface area contributed by atoms with Gasteiger partial charge >= 0.3 is 5.97 Å². The first-order chi connectivity index (χ1) is 9.22. The molecule has 0 radical (unpaired) electrons. The Bertz CT molecular complexity index is 234. The molecule has 5 heteroatoms. The molecule has 2 heterocycles. The van der Waals surface area contributed by atoms with Crippen molar-refractivity contribution in [3.63, 3.8) is 0 Å². The van der Waals surface area contributed by atoms with Crippen LogP contribution in [-0.2, 0) is 4.79 Å². The molecule has 4 N–H and O–H groups in total. The van der Waals surface area contributed by atoms with Gasteiger partial charge in [0.2, 0.25) is 0 Å². The second kappa shape index (κ2) is 10.2. The topological polar surface area (TPSA) is 81.6 Å². The van der Waals surface area contributed by atoms with E-state index < -0.39 is 5.97 Å². The van der Waals surface area contributed by atoms with Gasteiger partial charge in [-0.3, -0.25) is 4.79 Å². The highest BCUT2D eigenvalue weighted by Crippen LogP contribution is 2.09. The quantitative estimate of drug-likeness (QED) is 0.616. The van der Waals surface area contributed by atoms with Gasteiger partial charge in [0.05, 0.1) is 6.42 Å². The van der Waals surface area contributed by atoms with E-state index in [2.05, 4.69) is 10.6 Å². The Balaban J connectivity index is 0.000000191. The summed E-state index contributed by atoms with van der Waals surface area (Å²) in [6.45, 7) is 2.46. The van der Waals surface area contributed by atoms with Crippen molar-refractivity contribution in [1.29, 1.82) is 0 Å². The molecule has 112 valence electrons. The Morgan fingerprint density at radius 2 is 1.58 bits per heavy atom. The number of carboxylic acids is 1. The standard InChI is InChI=1S/C7H13NO2.C7H15NO/c9-7(10)5-6-3-1-2-4-8-6;9-6-4-7-3-1-2-5-8-7/h6,8H,1-5H2,(H,9,10);7-9H,1-6H2. The highest BCUT2D eigenvalue weighted by Gasteiger charge is 2.14. The predicted molar refractivity (Wildman–Crippen MR) is 75.2 cm³/mol. The van der Waals surface area contributed by atoms with Gasteiger partial charge in [-0.2, -0.15) is 0 Å². The first-order valence-corrected chi connectivity index (χ1v) is 7.51. The maximum Gasteiger partial charge on any atom is 0.304 e. The summed E-state index contributed by atoms with van der Waals surface area (Å²) in [5.41, 5.74) is 0. The lowest BCUT2D eigenvalue weighted by Gasteiger charge is -2.22. The number of nitrogens with one attached hydrogen (secondary N) is 2. The van der Waals surface area contributed by atoms with E-state index in [1.54, 1.807) is 0 Å². The number of rotatable bonds is 4.